The van der Waals surface area contributed by atoms with E-state index in [1.54, 1.807) is 36.4 Å². The van der Waals surface area contributed by atoms with E-state index < -0.39 is 34.1 Å². The van der Waals surface area contributed by atoms with E-state index >= 15 is 0 Å². The Morgan fingerprint density at radius 1 is 1.00 bits per heavy atom. The van der Waals surface area contributed by atoms with Gasteiger partial charge in [-0.25, -0.2) is 17.2 Å². The normalized spacial score (nSPS) is 11.2. The van der Waals surface area contributed by atoms with Crippen LogP contribution in [0.5, 0.6) is 0 Å². The number of halogens is 2. The lowest BCUT2D eigenvalue weighted by molar-refractivity contribution is -0.114. The van der Waals surface area contributed by atoms with Gasteiger partial charge in [-0.2, -0.15) is 0 Å². The van der Waals surface area contributed by atoms with Crippen molar-refractivity contribution in [3.05, 3.63) is 89.5 Å². The highest BCUT2D eigenvalue weighted by Crippen LogP contribution is 2.28. The van der Waals surface area contributed by atoms with Gasteiger partial charge in [0.25, 0.3) is 10.0 Å². The third-order valence-electron chi connectivity index (χ3n) is 4.74. The highest BCUT2D eigenvalue weighted by molar-refractivity contribution is 7.92. The van der Waals surface area contributed by atoms with Crippen molar-refractivity contribution in [2.45, 2.75) is 25.2 Å². The minimum Gasteiger partial charge on any atom is -0.322 e. The van der Waals surface area contributed by atoms with Crippen LogP contribution in [0, 0.1) is 18.6 Å². The summed E-state index contributed by atoms with van der Waals surface area (Å²) in [6.07, 6.45) is 0.546. The van der Waals surface area contributed by atoms with E-state index in [1.165, 1.54) is 12.1 Å². The molecule has 3 aromatic carbocycles. The van der Waals surface area contributed by atoms with Crippen molar-refractivity contribution in [2.24, 2.45) is 0 Å². The molecule has 3 aromatic rings. The first kappa shape index (κ1) is 22.4. The van der Waals surface area contributed by atoms with Gasteiger partial charge in [-0.3, -0.25) is 9.10 Å². The maximum Gasteiger partial charge on any atom is 0.264 e. The highest BCUT2D eigenvalue weighted by Gasteiger charge is 2.28. The summed E-state index contributed by atoms with van der Waals surface area (Å²) in [5, 5.41) is 2.32. The largest absolute Gasteiger partial charge is 0.322 e. The van der Waals surface area contributed by atoms with Crippen LogP contribution in [0.2, 0.25) is 0 Å². The number of rotatable bonds is 7. The number of para-hydroxylation sites is 1. The molecular weight excluding hydrogens is 422 g/mol. The molecule has 0 unspecified atom stereocenters. The number of nitrogens with one attached hydrogen (secondary N) is 1. The van der Waals surface area contributed by atoms with Crippen LogP contribution in [-0.2, 0) is 21.2 Å². The monoisotopic (exact) mass is 444 g/mol. The van der Waals surface area contributed by atoms with Crippen molar-refractivity contribution in [1.29, 1.82) is 0 Å². The lowest BCUT2D eigenvalue weighted by Crippen LogP contribution is -2.38. The van der Waals surface area contributed by atoms with Crippen LogP contribution in [-0.4, -0.2) is 20.9 Å². The number of benzene rings is 3. The average molecular weight is 445 g/mol. The van der Waals surface area contributed by atoms with E-state index in [1.807, 2.05) is 13.8 Å². The fraction of sp³-hybridized carbons (Fsp3) is 0.174. The molecule has 0 spiro atoms. The summed E-state index contributed by atoms with van der Waals surface area (Å²) in [5.41, 5.74) is 1.76. The molecule has 0 heterocycles. The molecule has 0 fully saturated rings. The lowest BCUT2D eigenvalue weighted by Gasteiger charge is -2.26. The second-order valence-electron chi connectivity index (χ2n) is 6.98. The maximum absolute atomic E-state index is 13.9. The second-order valence-corrected chi connectivity index (χ2v) is 8.84. The van der Waals surface area contributed by atoms with E-state index in [4.69, 9.17) is 0 Å². The van der Waals surface area contributed by atoms with Crippen LogP contribution in [0.3, 0.4) is 0 Å². The summed E-state index contributed by atoms with van der Waals surface area (Å²) in [6, 6.07) is 15.9. The van der Waals surface area contributed by atoms with Crippen molar-refractivity contribution >= 4 is 27.3 Å². The number of amides is 1. The molecule has 0 aromatic heterocycles. The van der Waals surface area contributed by atoms with E-state index in [2.05, 4.69) is 5.32 Å². The zero-order valence-electron chi connectivity index (χ0n) is 17.1. The quantitative estimate of drug-likeness (QED) is 0.576. The van der Waals surface area contributed by atoms with Gasteiger partial charge in [-0.15, -0.1) is 0 Å². The Balaban J connectivity index is 1.99. The van der Waals surface area contributed by atoms with Crippen molar-refractivity contribution in [1.82, 2.24) is 0 Å². The zero-order chi connectivity index (χ0) is 22.6. The number of carbonyl (C=O) groups is 1. The van der Waals surface area contributed by atoms with Gasteiger partial charge >= 0.3 is 0 Å². The molecule has 31 heavy (non-hydrogen) atoms. The molecule has 8 heteroatoms. The van der Waals surface area contributed by atoms with Gasteiger partial charge in [0, 0.05) is 6.07 Å². The molecule has 162 valence electrons. The van der Waals surface area contributed by atoms with E-state index in [-0.39, 0.29) is 10.6 Å². The van der Waals surface area contributed by atoms with Crippen LogP contribution in [0.4, 0.5) is 20.2 Å². The predicted octanol–water partition coefficient (Wildman–Crippen LogP) is 4.67. The molecule has 0 saturated carbocycles. The number of nitrogens with zero attached hydrogens (tertiary/aromatic N) is 1. The molecule has 0 aliphatic carbocycles. The summed E-state index contributed by atoms with van der Waals surface area (Å²) in [7, 11) is -4.09. The van der Waals surface area contributed by atoms with Gasteiger partial charge in [-0.1, -0.05) is 42.8 Å². The first-order valence-electron chi connectivity index (χ1n) is 9.64. The number of aryl methyl sites for hydroxylation is 2. The summed E-state index contributed by atoms with van der Waals surface area (Å²) in [4.78, 5) is 12.7. The average Bonchev–Trinajstić information content (AvgIpc) is 2.74. The zero-order valence-corrected chi connectivity index (χ0v) is 17.9. The van der Waals surface area contributed by atoms with Crippen LogP contribution in [0.15, 0.2) is 71.6 Å². The molecular formula is C23H22F2N2O3S. The summed E-state index contributed by atoms with van der Waals surface area (Å²) < 4.78 is 54.9. The smallest absolute Gasteiger partial charge is 0.264 e. The Kier molecular flexibility index (Phi) is 6.70. The van der Waals surface area contributed by atoms with Gasteiger partial charge in [0.2, 0.25) is 5.91 Å². The van der Waals surface area contributed by atoms with Crippen LogP contribution < -0.4 is 9.62 Å². The number of carbonyl (C=O) groups excluding carboxylic acids is 1. The van der Waals surface area contributed by atoms with Crippen molar-refractivity contribution in [3.8, 4) is 0 Å². The van der Waals surface area contributed by atoms with Gasteiger partial charge in [-0.05, 0) is 49.2 Å². The van der Waals surface area contributed by atoms with E-state index in [0.29, 0.717) is 18.2 Å². The van der Waals surface area contributed by atoms with E-state index in [0.717, 1.165) is 27.6 Å². The molecule has 0 aliphatic heterocycles. The molecule has 5 nitrogen and oxygen atoms in total. The number of hydrogen-bond donors (Lipinski definition) is 1. The minimum absolute atomic E-state index is 0.0322. The van der Waals surface area contributed by atoms with Gasteiger partial charge in [0.1, 0.15) is 18.2 Å². The molecule has 1 N–H and O–H groups in total. The number of sulfonamides is 1. The molecule has 0 bridgehead atoms. The van der Waals surface area contributed by atoms with Gasteiger partial charge < -0.3 is 5.32 Å². The summed E-state index contributed by atoms with van der Waals surface area (Å²) >= 11 is 0. The van der Waals surface area contributed by atoms with Crippen molar-refractivity contribution in [3.63, 3.8) is 0 Å². The Morgan fingerprint density at radius 3 is 2.32 bits per heavy atom. The van der Waals surface area contributed by atoms with E-state index in [9.17, 15) is 22.0 Å². The fourth-order valence-corrected chi connectivity index (χ4v) is 4.56. The Morgan fingerprint density at radius 2 is 1.68 bits per heavy atom. The number of hydrogen-bond acceptors (Lipinski definition) is 3. The molecule has 3 rings (SSSR count). The molecule has 0 saturated heterocycles. The third-order valence-corrected chi connectivity index (χ3v) is 6.52. The minimum atomic E-state index is -4.09. The topological polar surface area (TPSA) is 66.5 Å². The fourth-order valence-electron chi connectivity index (χ4n) is 3.10. The van der Waals surface area contributed by atoms with Crippen LogP contribution in [0.25, 0.3) is 0 Å². The second kappa shape index (κ2) is 9.26. The Bertz CT molecular complexity index is 1200. The predicted molar refractivity (Wildman–Crippen MR) is 117 cm³/mol. The van der Waals surface area contributed by atoms with Crippen LogP contribution >= 0.6 is 0 Å². The summed E-state index contributed by atoms with van der Waals surface area (Å²) in [5.74, 6) is -2.49. The van der Waals surface area contributed by atoms with Crippen molar-refractivity contribution < 1.29 is 22.0 Å². The third kappa shape index (κ3) is 5.08. The summed E-state index contributed by atoms with van der Waals surface area (Å²) in [6.45, 7) is 3.14. The molecule has 0 aliphatic rings. The van der Waals surface area contributed by atoms with Crippen molar-refractivity contribution in [2.75, 3.05) is 16.2 Å². The van der Waals surface area contributed by atoms with Gasteiger partial charge in [0.05, 0.1) is 16.3 Å². The van der Waals surface area contributed by atoms with Gasteiger partial charge in [0.15, 0.2) is 0 Å². The molecule has 0 radical (unpaired) electrons. The first-order chi connectivity index (χ1) is 14.7. The maximum atomic E-state index is 13.9. The standard InChI is InChI=1S/C23H22F2N2O3S/c1-3-17-6-4-5-7-22(17)27(31(29,30)19-11-8-16(2)9-12-19)15-23(28)26-21-13-10-18(24)14-20(21)25/h4-14H,3,15H2,1-2H3,(H,26,28). The number of anilines is 2. The Labute approximate surface area is 180 Å². The molecule has 1 amide bonds. The Hall–Kier alpha value is -3.26. The highest BCUT2D eigenvalue weighted by atomic mass is 32.2. The lowest BCUT2D eigenvalue weighted by atomic mass is 10.1. The first-order valence-corrected chi connectivity index (χ1v) is 11.1. The van der Waals surface area contributed by atoms with Crippen LogP contribution in [0.1, 0.15) is 18.1 Å². The molecule has 0 atom stereocenters. The SMILES string of the molecule is CCc1ccccc1N(CC(=O)Nc1ccc(F)cc1F)S(=O)(=O)c1ccc(C)cc1.